The molecule has 15 heavy (non-hydrogen) atoms. The summed E-state index contributed by atoms with van der Waals surface area (Å²) in [7, 11) is 0. The molecule has 0 heterocycles. The summed E-state index contributed by atoms with van der Waals surface area (Å²) in [5.41, 5.74) is 5.31. The van der Waals surface area contributed by atoms with Crippen LogP contribution in [0.3, 0.4) is 0 Å². The Labute approximate surface area is 83.8 Å². The molecule has 0 bridgehead atoms. The van der Waals surface area contributed by atoms with Crippen molar-refractivity contribution in [1.82, 2.24) is 0 Å². The molecule has 1 fully saturated rings. The highest BCUT2D eigenvalue weighted by Gasteiger charge is 2.40. The lowest BCUT2D eigenvalue weighted by Crippen LogP contribution is -2.04. The van der Waals surface area contributed by atoms with Gasteiger partial charge in [-0.05, 0) is 12.5 Å². The van der Waals surface area contributed by atoms with Gasteiger partial charge in [0.25, 0.3) is 5.69 Å². The molecular weight excluding hydrogens is 206 g/mol. The molecule has 0 aromatic heterocycles. The first kappa shape index (κ1) is 9.97. The first-order valence-electron chi connectivity index (χ1n) is 4.39. The van der Waals surface area contributed by atoms with Gasteiger partial charge in [0, 0.05) is 17.5 Å². The molecule has 6 heteroatoms. The molecule has 1 aromatic rings. The van der Waals surface area contributed by atoms with Crippen molar-refractivity contribution >= 4 is 5.69 Å². The Morgan fingerprint density at radius 2 is 1.93 bits per heavy atom. The zero-order valence-electron chi connectivity index (χ0n) is 7.61. The van der Waals surface area contributed by atoms with Gasteiger partial charge in [-0.3, -0.25) is 10.1 Å². The Balaban J connectivity index is 2.51. The number of hydrogen-bond acceptors (Lipinski definition) is 3. The fourth-order valence-electron chi connectivity index (χ4n) is 1.58. The molecule has 2 N–H and O–H groups in total. The van der Waals surface area contributed by atoms with Gasteiger partial charge in [0.05, 0.1) is 11.0 Å². The maximum Gasteiger partial charge on any atom is 0.276 e. The monoisotopic (exact) mass is 214 g/mol. The molecule has 80 valence electrons. The van der Waals surface area contributed by atoms with Crippen LogP contribution in [0, 0.1) is 21.7 Å². The lowest BCUT2D eigenvalue weighted by atomic mass is 10.1. The van der Waals surface area contributed by atoms with Crippen molar-refractivity contribution in [2.45, 2.75) is 18.4 Å². The zero-order valence-corrected chi connectivity index (χ0v) is 7.61. The molecule has 1 aliphatic carbocycles. The number of nitrogens with zero attached hydrogens (tertiary/aromatic N) is 1. The summed E-state index contributed by atoms with van der Waals surface area (Å²) >= 11 is 0. The van der Waals surface area contributed by atoms with E-state index in [0.29, 0.717) is 12.5 Å². The van der Waals surface area contributed by atoms with E-state index in [0.717, 1.165) is 6.07 Å². The van der Waals surface area contributed by atoms with E-state index < -0.39 is 22.2 Å². The Morgan fingerprint density at radius 1 is 1.40 bits per heavy atom. The Kier molecular flexibility index (Phi) is 2.15. The number of benzene rings is 1. The summed E-state index contributed by atoms with van der Waals surface area (Å²) in [6.07, 6.45) is 0.575. The molecule has 0 aliphatic heterocycles. The molecule has 0 spiro atoms. The second-order valence-corrected chi connectivity index (χ2v) is 3.59. The molecule has 0 radical (unpaired) electrons. The van der Waals surface area contributed by atoms with E-state index in [9.17, 15) is 18.9 Å². The average molecular weight is 214 g/mol. The van der Waals surface area contributed by atoms with Crippen LogP contribution in [-0.4, -0.2) is 11.0 Å². The van der Waals surface area contributed by atoms with Crippen molar-refractivity contribution in [3.63, 3.8) is 0 Å². The molecule has 2 rings (SSSR count). The van der Waals surface area contributed by atoms with E-state index in [-0.39, 0.29) is 17.5 Å². The van der Waals surface area contributed by atoms with Crippen molar-refractivity contribution in [3.05, 3.63) is 39.4 Å². The minimum atomic E-state index is -1.21. The molecule has 1 saturated carbocycles. The van der Waals surface area contributed by atoms with Crippen molar-refractivity contribution < 1.29 is 13.7 Å². The Hall–Kier alpha value is -1.56. The van der Waals surface area contributed by atoms with E-state index in [1.54, 1.807) is 0 Å². The number of hydrogen-bond donors (Lipinski definition) is 1. The minimum Gasteiger partial charge on any atom is -0.327 e. The maximum absolute atomic E-state index is 12.9. The van der Waals surface area contributed by atoms with Crippen LogP contribution in [0.4, 0.5) is 14.5 Å². The van der Waals surface area contributed by atoms with E-state index in [4.69, 9.17) is 5.73 Å². The fraction of sp³-hybridized carbons (Fsp3) is 0.333. The van der Waals surface area contributed by atoms with Crippen molar-refractivity contribution in [3.8, 4) is 0 Å². The maximum atomic E-state index is 12.9. The first-order valence-corrected chi connectivity index (χ1v) is 4.39. The lowest BCUT2D eigenvalue weighted by molar-refractivity contribution is -0.385. The molecule has 0 saturated heterocycles. The van der Waals surface area contributed by atoms with Crippen LogP contribution in [-0.2, 0) is 0 Å². The highest BCUT2D eigenvalue weighted by molar-refractivity contribution is 5.46. The lowest BCUT2D eigenvalue weighted by Gasteiger charge is -2.02. The minimum absolute atomic E-state index is 0.186. The van der Waals surface area contributed by atoms with Gasteiger partial charge in [0.2, 0.25) is 0 Å². The highest BCUT2D eigenvalue weighted by Crippen LogP contribution is 2.43. The highest BCUT2D eigenvalue weighted by atomic mass is 19.2. The summed E-state index contributed by atoms with van der Waals surface area (Å²) in [5.74, 6) is -2.50. The van der Waals surface area contributed by atoms with Gasteiger partial charge in [-0.25, -0.2) is 8.78 Å². The molecule has 4 nitrogen and oxygen atoms in total. The van der Waals surface area contributed by atoms with Gasteiger partial charge in [-0.15, -0.1) is 0 Å². The van der Waals surface area contributed by atoms with Crippen molar-refractivity contribution in [2.24, 2.45) is 5.73 Å². The van der Waals surface area contributed by atoms with Gasteiger partial charge in [0.1, 0.15) is 0 Å². The zero-order chi connectivity index (χ0) is 11.2. The largest absolute Gasteiger partial charge is 0.327 e. The molecule has 0 amide bonds. The Bertz CT molecular complexity index is 436. The third-order valence-electron chi connectivity index (χ3n) is 2.51. The third-order valence-corrected chi connectivity index (χ3v) is 2.51. The normalized spacial score (nSPS) is 23.9. The predicted octanol–water partition coefficient (Wildman–Crippen LogP) is 1.69. The van der Waals surface area contributed by atoms with E-state index in [2.05, 4.69) is 0 Å². The Morgan fingerprint density at radius 3 is 2.40 bits per heavy atom. The average Bonchev–Trinajstić information content (AvgIpc) is 2.86. The van der Waals surface area contributed by atoms with Gasteiger partial charge in [-0.1, -0.05) is 0 Å². The van der Waals surface area contributed by atoms with Crippen LogP contribution in [0.2, 0.25) is 0 Å². The second kappa shape index (κ2) is 3.23. The van der Waals surface area contributed by atoms with Crippen LogP contribution in [0.25, 0.3) is 0 Å². The van der Waals surface area contributed by atoms with Crippen LogP contribution < -0.4 is 5.73 Å². The number of nitro groups is 1. The SMILES string of the molecule is N[C@@H]1C[C@H]1c1cc(F)c(F)cc1[N+](=O)[O-]. The summed E-state index contributed by atoms with van der Waals surface area (Å²) in [4.78, 5) is 9.88. The summed E-state index contributed by atoms with van der Waals surface area (Å²) in [6, 6.07) is 1.29. The molecule has 2 atom stereocenters. The van der Waals surface area contributed by atoms with Crippen LogP contribution in [0.15, 0.2) is 12.1 Å². The third kappa shape index (κ3) is 1.68. The second-order valence-electron chi connectivity index (χ2n) is 3.59. The van der Waals surface area contributed by atoms with E-state index in [1.165, 1.54) is 0 Å². The summed E-state index contributed by atoms with van der Waals surface area (Å²) in [5, 5.41) is 10.6. The summed E-state index contributed by atoms with van der Waals surface area (Å²) in [6.45, 7) is 0. The molecular formula is C9H8F2N2O2. The summed E-state index contributed by atoms with van der Waals surface area (Å²) < 4.78 is 25.7. The quantitative estimate of drug-likeness (QED) is 0.601. The van der Waals surface area contributed by atoms with Gasteiger partial charge >= 0.3 is 0 Å². The van der Waals surface area contributed by atoms with Crippen LogP contribution in [0.1, 0.15) is 17.9 Å². The van der Waals surface area contributed by atoms with Crippen molar-refractivity contribution in [2.75, 3.05) is 0 Å². The molecule has 1 aromatic carbocycles. The van der Waals surface area contributed by atoms with Crippen LogP contribution >= 0.6 is 0 Å². The van der Waals surface area contributed by atoms with E-state index in [1.807, 2.05) is 0 Å². The number of rotatable bonds is 2. The molecule has 0 unspecified atom stereocenters. The van der Waals surface area contributed by atoms with Gasteiger partial charge in [0.15, 0.2) is 11.6 Å². The van der Waals surface area contributed by atoms with Crippen LogP contribution in [0.5, 0.6) is 0 Å². The number of nitro benzene ring substituents is 1. The van der Waals surface area contributed by atoms with Gasteiger partial charge < -0.3 is 5.73 Å². The smallest absolute Gasteiger partial charge is 0.276 e. The van der Waals surface area contributed by atoms with Gasteiger partial charge in [-0.2, -0.15) is 0 Å². The van der Waals surface area contributed by atoms with Crippen molar-refractivity contribution in [1.29, 1.82) is 0 Å². The number of halogens is 2. The molecule has 1 aliphatic rings. The number of nitrogens with two attached hydrogens (primary N) is 1. The van der Waals surface area contributed by atoms with E-state index >= 15 is 0 Å². The topological polar surface area (TPSA) is 69.2 Å². The first-order chi connectivity index (χ1) is 7.00. The standard InChI is InChI=1S/C9H8F2N2O2/c10-6-1-5(4-2-8(4)12)9(13(14)15)3-7(6)11/h1,3-4,8H,2,12H2/t4-,8+/m0/s1. The predicted molar refractivity (Wildman–Crippen MR) is 48.3 cm³/mol. The fourth-order valence-corrected chi connectivity index (χ4v) is 1.58.